The lowest BCUT2D eigenvalue weighted by Gasteiger charge is -2.57. The molecule has 0 aromatic rings. The number of carbonyl (C=O) groups excluding carboxylic acids is 2. The van der Waals surface area contributed by atoms with E-state index < -0.39 is 0 Å². The molecule has 0 saturated heterocycles. The number of hydrogen-bond acceptors (Lipinski definition) is 4. The smallest absolute Gasteiger partial charge is 0.242 e. The maximum absolute atomic E-state index is 12.6. The maximum Gasteiger partial charge on any atom is 0.242 e. The summed E-state index contributed by atoms with van der Waals surface area (Å²) in [5.41, 5.74) is 5.42. The Bertz CT molecular complexity index is 427. The van der Waals surface area contributed by atoms with E-state index in [9.17, 15) is 9.59 Å². The van der Waals surface area contributed by atoms with Gasteiger partial charge in [-0.2, -0.15) is 0 Å². The largest absolute Gasteiger partial charge is 0.378 e. The second kappa shape index (κ2) is 9.59. The molecule has 2 amide bonds. The first-order valence-corrected chi connectivity index (χ1v) is 8.96. The molecule has 7 heteroatoms. The van der Waals surface area contributed by atoms with Crippen LogP contribution in [0.3, 0.4) is 0 Å². The molecule has 2 aliphatic rings. The average Bonchev–Trinajstić information content (AvgIpc) is 3.07. The van der Waals surface area contributed by atoms with Crippen LogP contribution in [0.5, 0.6) is 0 Å². The van der Waals surface area contributed by atoms with Gasteiger partial charge >= 0.3 is 0 Å². The fourth-order valence-electron chi connectivity index (χ4n) is 4.33. The van der Waals surface area contributed by atoms with Gasteiger partial charge in [-0.3, -0.25) is 9.59 Å². The predicted octanol–water partition coefficient (Wildman–Crippen LogP) is 1.46. The van der Waals surface area contributed by atoms with Crippen molar-refractivity contribution in [1.82, 2.24) is 10.2 Å². The summed E-state index contributed by atoms with van der Waals surface area (Å²) in [6.07, 6.45) is 6.85. The number of amides is 2. The van der Waals surface area contributed by atoms with Gasteiger partial charge in [0.05, 0.1) is 19.2 Å². The highest BCUT2D eigenvalue weighted by Gasteiger charge is 2.59. The van der Waals surface area contributed by atoms with Crippen molar-refractivity contribution in [2.45, 2.75) is 64.5 Å². The van der Waals surface area contributed by atoms with Crippen LogP contribution in [0.4, 0.5) is 0 Å². The summed E-state index contributed by atoms with van der Waals surface area (Å²) in [6.45, 7) is 5.55. The Balaban J connectivity index is 0.00000288. The molecule has 2 unspecified atom stereocenters. The Morgan fingerprint density at radius 3 is 2.50 bits per heavy atom. The number of ether oxygens (including phenoxy) is 1. The van der Waals surface area contributed by atoms with E-state index in [0.29, 0.717) is 0 Å². The van der Waals surface area contributed by atoms with Crippen molar-refractivity contribution in [2.24, 2.45) is 11.1 Å². The lowest BCUT2D eigenvalue weighted by atomic mass is 9.60. The van der Waals surface area contributed by atoms with Crippen LogP contribution in [-0.2, 0) is 14.3 Å². The Morgan fingerprint density at radius 1 is 1.29 bits per heavy atom. The van der Waals surface area contributed by atoms with Crippen molar-refractivity contribution in [3.63, 3.8) is 0 Å². The lowest BCUT2D eigenvalue weighted by Crippen LogP contribution is -2.65. The molecule has 2 aliphatic carbocycles. The molecule has 6 nitrogen and oxygen atoms in total. The number of nitrogens with one attached hydrogen (secondary N) is 1. The van der Waals surface area contributed by atoms with Crippen molar-refractivity contribution in [3.8, 4) is 0 Å². The molecule has 140 valence electrons. The minimum Gasteiger partial charge on any atom is -0.378 e. The van der Waals surface area contributed by atoms with Crippen LogP contribution in [0.2, 0.25) is 0 Å². The van der Waals surface area contributed by atoms with Crippen LogP contribution in [0.25, 0.3) is 0 Å². The third-order valence-electron chi connectivity index (χ3n) is 5.43. The summed E-state index contributed by atoms with van der Waals surface area (Å²) in [6, 6.07) is 0.253. The van der Waals surface area contributed by atoms with Crippen LogP contribution in [0.15, 0.2) is 0 Å². The molecular weight excluding hydrogens is 330 g/mol. The van der Waals surface area contributed by atoms with Crippen molar-refractivity contribution in [1.29, 1.82) is 0 Å². The molecule has 1 spiro atoms. The molecule has 2 fully saturated rings. The molecule has 0 bridgehead atoms. The van der Waals surface area contributed by atoms with Gasteiger partial charge in [0, 0.05) is 24.6 Å². The minimum absolute atomic E-state index is 0. The third-order valence-corrected chi connectivity index (χ3v) is 5.43. The second-order valence-electron chi connectivity index (χ2n) is 6.70. The number of halogens is 1. The summed E-state index contributed by atoms with van der Waals surface area (Å²) >= 11 is 0. The highest BCUT2D eigenvalue weighted by atomic mass is 35.5. The van der Waals surface area contributed by atoms with Gasteiger partial charge in [0.1, 0.15) is 0 Å². The van der Waals surface area contributed by atoms with Crippen molar-refractivity contribution >= 4 is 24.2 Å². The standard InChI is InChI=1S/C17H31N3O3.ClH/c1-3-9-20(16(22)12-19-15(21)11-18)13-10-14(23-4-2)17(13)7-5-6-8-17;/h13-14H,3-12,18H2,1-2H3,(H,19,21);1H. The predicted molar refractivity (Wildman–Crippen MR) is 96.0 cm³/mol. The first-order valence-electron chi connectivity index (χ1n) is 8.96. The van der Waals surface area contributed by atoms with E-state index in [1.165, 1.54) is 12.8 Å². The zero-order valence-electron chi connectivity index (χ0n) is 14.9. The number of nitrogens with zero attached hydrogens (tertiary/aromatic N) is 1. The quantitative estimate of drug-likeness (QED) is 0.685. The van der Waals surface area contributed by atoms with Gasteiger partial charge in [-0.05, 0) is 32.6 Å². The zero-order chi connectivity index (χ0) is 16.9. The maximum atomic E-state index is 12.6. The number of hydrogen-bond donors (Lipinski definition) is 2. The highest BCUT2D eigenvalue weighted by Crippen LogP contribution is 2.56. The molecule has 0 aliphatic heterocycles. The van der Waals surface area contributed by atoms with Gasteiger partial charge in [0.15, 0.2) is 0 Å². The molecule has 0 heterocycles. The topological polar surface area (TPSA) is 84.7 Å². The van der Waals surface area contributed by atoms with E-state index in [0.717, 1.165) is 38.8 Å². The minimum atomic E-state index is -0.286. The number of carbonyl (C=O) groups is 2. The Kier molecular flexibility index (Phi) is 8.46. The van der Waals surface area contributed by atoms with Gasteiger partial charge in [-0.15, -0.1) is 12.4 Å². The number of rotatable bonds is 8. The fourth-order valence-corrected chi connectivity index (χ4v) is 4.33. The first kappa shape index (κ1) is 21.2. The molecule has 24 heavy (non-hydrogen) atoms. The van der Waals surface area contributed by atoms with E-state index in [1.54, 1.807) is 0 Å². The van der Waals surface area contributed by atoms with E-state index in [4.69, 9.17) is 10.5 Å². The van der Waals surface area contributed by atoms with E-state index in [1.807, 2.05) is 11.8 Å². The van der Waals surface area contributed by atoms with Crippen LogP contribution >= 0.6 is 12.4 Å². The third kappa shape index (κ3) is 4.21. The normalized spacial score (nSPS) is 24.1. The van der Waals surface area contributed by atoms with E-state index in [-0.39, 0.29) is 54.9 Å². The van der Waals surface area contributed by atoms with Gasteiger partial charge in [0.2, 0.25) is 11.8 Å². The van der Waals surface area contributed by atoms with Crippen LogP contribution in [-0.4, -0.2) is 55.1 Å². The van der Waals surface area contributed by atoms with E-state index in [2.05, 4.69) is 12.2 Å². The summed E-state index contributed by atoms with van der Waals surface area (Å²) in [5.74, 6) is -0.286. The van der Waals surface area contributed by atoms with Gasteiger partial charge in [-0.25, -0.2) is 0 Å². The molecular formula is C17H32ClN3O3. The van der Waals surface area contributed by atoms with Crippen LogP contribution in [0.1, 0.15) is 52.4 Å². The Hall–Kier alpha value is -0.850. The van der Waals surface area contributed by atoms with Crippen molar-refractivity contribution in [3.05, 3.63) is 0 Å². The lowest BCUT2D eigenvalue weighted by molar-refractivity contribution is -0.176. The fraction of sp³-hybridized carbons (Fsp3) is 0.882. The molecule has 0 aromatic heterocycles. The summed E-state index contributed by atoms with van der Waals surface area (Å²) in [7, 11) is 0. The molecule has 2 atom stereocenters. The van der Waals surface area contributed by atoms with Gasteiger partial charge in [0.25, 0.3) is 0 Å². The molecule has 3 N–H and O–H groups in total. The molecule has 2 rings (SSSR count). The Morgan fingerprint density at radius 2 is 1.96 bits per heavy atom. The van der Waals surface area contributed by atoms with Crippen molar-refractivity contribution < 1.29 is 14.3 Å². The summed E-state index contributed by atoms with van der Waals surface area (Å²) < 4.78 is 5.95. The zero-order valence-corrected chi connectivity index (χ0v) is 15.7. The van der Waals surface area contributed by atoms with Gasteiger partial charge in [-0.1, -0.05) is 19.8 Å². The molecule has 0 aromatic carbocycles. The number of nitrogens with two attached hydrogens (primary N) is 1. The van der Waals surface area contributed by atoms with E-state index >= 15 is 0 Å². The monoisotopic (exact) mass is 361 g/mol. The van der Waals surface area contributed by atoms with Crippen molar-refractivity contribution in [2.75, 3.05) is 26.2 Å². The highest BCUT2D eigenvalue weighted by molar-refractivity contribution is 5.86. The SMILES string of the molecule is CCCN(C(=O)CNC(=O)CN)C1CC(OCC)C12CCCC2.Cl. The summed E-state index contributed by atoms with van der Waals surface area (Å²) in [5, 5.41) is 2.60. The Labute approximate surface area is 151 Å². The molecule has 2 saturated carbocycles. The van der Waals surface area contributed by atoms with Gasteiger partial charge < -0.3 is 20.7 Å². The second-order valence-corrected chi connectivity index (χ2v) is 6.70. The van der Waals surface area contributed by atoms with Crippen LogP contribution in [0, 0.1) is 5.41 Å². The molecule has 0 radical (unpaired) electrons. The van der Waals surface area contributed by atoms with Crippen LogP contribution < -0.4 is 11.1 Å². The summed E-state index contributed by atoms with van der Waals surface area (Å²) in [4.78, 5) is 25.9. The average molecular weight is 362 g/mol. The first-order chi connectivity index (χ1) is 11.1.